The van der Waals surface area contributed by atoms with Crippen molar-refractivity contribution in [2.45, 2.75) is 26.7 Å². The van der Waals surface area contributed by atoms with Gasteiger partial charge in [-0.3, -0.25) is 0 Å². The molecule has 0 unspecified atom stereocenters. The van der Waals surface area contributed by atoms with E-state index < -0.39 is 5.97 Å². The first-order chi connectivity index (χ1) is 9.02. The molecule has 2 aromatic rings. The first kappa shape index (κ1) is 13.2. The summed E-state index contributed by atoms with van der Waals surface area (Å²) in [6, 6.07) is 4.51. The first-order valence-corrected chi connectivity index (χ1v) is 5.98. The van der Waals surface area contributed by atoms with E-state index in [9.17, 15) is 9.18 Å². The van der Waals surface area contributed by atoms with Gasteiger partial charge in [0.15, 0.2) is 0 Å². The molecule has 1 heterocycles. The van der Waals surface area contributed by atoms with Crippen LogP contribution < -0.4 is 0 Å². The smallest absolute Gasteiger partial charge is 0.375 e. The van der Waals surface area contributed by atoms with Gasteiger partial charge in [0, 0.05) is 6.42 Å². The van der Waals surface area contributed by atoms with Crippen molar-refractivity contribution in [3.63, 3.8) is 0 Å². The molecule has 5 nitrogen and oxygen atoms in total. The van der Waals surface area contributed by atoms with Gasteiger partial charge < -0.3 is 5.11 Å². The van der Waals surface area contributed by atoms with Gasteiger partial charge in [-0.1, -0.05) is 6.92 Å². The number of aromatic nitrogens is 3. The van der Waals surface area contributed by atoms with Crippen molar-refractivity contribution < 1.29 is 14.3 Å². The fourth-order valence-electron chi connectivity index (χ4n) is 1.79. The number of aryl methyl sites for hydroxylation is 2. The molecule has 1 aromatic heterocycles. The lowest BCUT2D eigenvalue weighted by Gasteiger charge is -2.06. The second-order valence-corrected chi connectivity index (χ2v) is 4.25. The molecule has 19 heavy (non-hydrogen) atoms. The lowest BCUT2D eigenvalue weighted by Crippen LogP contribution is -2.04. The van der Waals surface area contributed by atoms with E-state index in [2.05, 4.69) is 10.1 Å². The Bertz CT molecular complexity index is 622. The summed E-state index contributed by atoms with van der Waals surface area (Å²) in [5.74, 6) is -1.16. The van der Waals surface area contributed by atoms with Gasteiger partial charge in [-0.05, 0) is 37.1 Å². The Morgan fingerprint density at radius 3 is 2.79 bits per heavy atom. The monoisotopic (exact) mass is 263 g/mol. The van der Waals surface area contributed by atoms with Gasteiger partial charge in [0.1, 0.15) is 11.6 Å². The molecule has 0 bridgehead atoms. The normalized spacial score (nSPS) is 10.7. The van der Waals surface area contributed by atoms with Crippen LogP contribution in [0.4, 0.5) is 4.39 Å². The van der Waals surface area contributed by atoms with E-state index in [1.807, 2.05) is 6.92 Å². The van der Waals surface area contributed by atoms with Crippen molar-refractivity contribution in [2.75, 3.05) is 0 Å². The molecule has 0 radical (unpaired) electrons. The average Bonchev–Trinajstić information content (AvgIpc) is 2.77. The maximum Gasteiger partial charge on any atom is 0.375 e. The number of benzene rings is 1. The number of carboxylic acids is 1. The molecular weight excluding hydrogens is 249 g/mol. The van der Waals surface area contributed by atoms with Crippen LogP contribution in [0.5, 0.6) is 0 Å². The average molecular weight is 263 g/mol. The number of hydrogen-bond acceptors (Lipinski definition) is 3. The molecule has 0 saturated carbocycles. The minimum Gasteiger partial charge on any atom is -0.475 e. The van der Waals surface area contributed by atoms with Crippen molar-refractivity contribution in [3.8, 4) is 5.69 Å². The summed E-state index contributed by atoms with van der Waals surface area (Å²) in [7, 11) is 0. The van der Waals surface area contributed by atoms with Gasteiger partial charge in [0.25, 0.3) is 5.82 Å². The molecule has 0 saturated heterocycles. The van der Waals surface area contributed by atoms with Crippen LogP contribution in [0, 0.1) is 12.7 Å². The molecule has 0 aliphatic rings. The number of aromatic carboxylic acids is 1. The predicted molar refractivity (Wildman–Crippen MR) is 67.0 cm³/mol. The standard InChI is InChI=1S/C13H14FN3O2/c1-3-4-11-15-12(13(18)19)16-17(11)9-5-6-10(14)8(2)7-9/h5-7H,3-4H2,1-2H3,(H,18,19). The largest absolute Gasteiger partial charge is 0.475 e. The molecule has 100 valence electrons. The van der Waals surface area contributed by atoms with E-state index in [-0.39, 0.29) is 11.6 Å². The Balaban J connectivity index is 2.52. The van der Waals surface area contributed by atoms with Gasteiger partial charge in [-0.2, -0.15) is 0 Å². The summed E-state index contributed by atoms with van der Waals surface area (Å²) in [6.45, 7) is 3.61. The fourth-order valence-corrected chi connectivity index (χ4v) is 1.79. The zero-order chi connectivity index (χ0) is 14.0. The fraction of sp³-hybridized carbons (Fsp3) is 0.308. The topological polar surface area (TPSA) is 68.0 Å². The maximum absolute atomic E-state index is 13.3. The molecular formula is C13H14FN3O2. The summed E-state index contributed by atoms with van der Waals surface area (Å²) in [6.07, 6.45) is 1.43. The Hall–Kier alpha value is -2.24. The zero-order valence-corrected chi connectivity index (χ0v) is 10.7. The molecule has 2 rings (SSSR count). The Kier molecular flexibility index (Phi) is 3.59. The van der Waals surface area contributed by atoms with E-state index in [1.54, 1.807) is 19.1 Å². The van der Waals surface area contributed by atoms with Crippen molar-refractivity contribution in [1.82, 2.24) is 14.8 Å². The third kappa shape index (κ3) is 2.62. The molecule has 0 aliphatic carbocycles. The lowest BCUT2D eigenvalue weighted by atomic mass is 10.2. The van der Waals surface area contributed by atoms with Gasteiger partial charge in [0.2, 0.25) is 0 Å². The van der Waals surface area contributed by atoms with Crippen LogP contribution in [0.15, 0.2) is 18.2 Å². The van der Waals surface area contributed by atoms with E-state index >= 15 is 0 Å². The minimum absolute atomic E-state index is 0.245. The van der Waals surface area contributed by atoms with E-state index in [0.29, 0.717) is 23.5 Å². The molecule has 0 spiro atoms. The summed E-state index contributed by atoms with van der Waals surface area (Å²) < 4.78 is 14.7. The summed E-state index contributed by atoms with van der Waals surface area (Å²) in [5.41, 5.74) is 1.09. The second kappa shape index (κ2) is 5.17. The number of carbonyl (C=O) groups is 1. The molecule has 0 amide bonds. The third-order valence-corrected chi connectivity index (χ3v) is 2.73. The van der Waals surface area contributed by atoms with E-state index in [4.69, 9.17) is 5.11 Å². The minimum atomic E-state index is -1.17. The van der Waals surface area contributed by atoms with Gasteiger partial charge in [0.05, 0.1) is 5.69 Å². The molecule has 0 fully saturated rings. The van der Waals surface area contributed by atoms with Crippen LogP contribution >= 0.6 is 0 Å². The van der Waals surface area contributed by atoms with Crippen LogP contribution in [0.25, 0.3) is 5.69 Å². The third-order valence-electron chi connectivity index (χ3n) is 2.73. The van der Waals surface area contributed by atoms with E-state index in [1.165, 1.54) is 10.7 Å². The van der Waals surface area contributed by atoms with Crippen molar-refractivity contribution in [2.24, 2.45) is 0 Å². The highest BCUT2D eigenvalue weighted by atomic mass is 19.1. The van der Waals surface area contributed by atoms with Crippen LogP contribution in [0.2, 0.25) is 0 Å². The summed E-state index contributed by atoms with van der Waals surface area (Å²) in [4.78, 5) is 14.9. The Labute approximate surface area is 109 Å². The molecule has 0 atom stereocenters. The number of halogens is 1. The SMILES string of the molecule is CCCc1nc(C(=O)O)nn1-c1ccc(F)c(C)c1. The number of carboxylic acid groups (broad SMARTS) is 1. The highest BCUT2D eigenvalue weighted by molar-refractivity contribution is 5.83. The lowest BCUT2D eigenvalue weighted by molar-refractivity contribution is 0.0683. The van der Waals surface area contributed by atoms with E-state index in [0.717, 1.165) is 6.42 Å². The number of nitrogens with zero attached hydrogens (tertiary/aromatic N) is 3. The van der Waals surface area contributed by atoms with Gasteiger partial charge >= 0.3 is 5.97 Å². The second-order valence-electron chi connectivity index (χ2n) is 4.25. The number of rotatable bonds is 4. The molecule has 6 heteroatoms. The Morgan fingerprint density at radius 2 is 2.21 bits per heavy atom. The zero-order valence-electron chi connectivity index (χ0n) is 10.7. The van der Waals surface area contributed by atoms with Crippen LogP contribution in [0.1, 0.15) is 35.4 Å². The van der Waals surface area contributed by atoms with Crippen molar-refractivity contribution in [3.05, 3.63) is 41.2 Å². The highest BCUT2D eigenvalue weighted by Crippen LogP contribution is 2.15. The van der Waals surface area contributed by atoms with Crippen molar-refractivity contribution >= 4 is 5.97 Å². The van der Waals surface area contributed by atoms with Gasteiger partial charge in [-0.25, -0.2) is 18.9 Å². The van der Waals surface area contributed by atoms with Crippen LogP contribution in [-0.4, -0.2) is 25.8 Å². The summed E-state index contributed by atoms with van der Waals surface area (Å²) >= 11 is 0. The quantitative estimate of drug-likeness (QED) is 0.919. The number of hydrogen-bond donors (Lipinski definition) is 1. The van der Waals surface area contributed by atoms with Crippen LogP contribution in [0.3, 0.4) is 0 Å². The highest BCUT2D eigenvalue weighted by Gasteiger charge is 2.16. The Morgan fingerprint density at radius 1 is 1.47 bits per heavy atom. The predicted octanol–water partition coefficient (Wildman–Crippen LogP) is 2.37. The maximum atomic E-state index is 13.3. The van der Waals surface area contributed by atoms with Crippen molar-refractivity contribution in [1.29, 1.82) is 0 Å². The first-order valence-electron chi connectivity index (χ1n) is 5.98. The van der Waals surface area contributed by atoms with Gasteiger partial charge in [-0.15, -0.1) is 5.10 Å². The molecule has 1 aromatic carbocycles. The molecule has 1 N–H and O–H groups in total. The summed E-state index contributed by atoms with van der Waals surface area (Å²) in [5, 5.41) is 12.9. The van der Waals surface area contributed by atoms with Crippen LogP contribution in [-0.2, 0) is 6.42 Å². The molecule has 0 aliphatic heterocycles.